The Morgan fingerprint density at radius 3 is 2.17 bits per heavy atom. The molecule has 0 saturated heterocycles. The largest absolute Gasteiger partial charge is 0.504 e. The summed E-state index contributed by atoms with van der Waals surface area (Å²) in [5.74, 6) is -0.637. The highest BCUT2D eigenvalue weighted by atomic mass is 19.4. The van der Waals surface area contributed by atoms with Gasteiger partial charge in [-0.1, -0.05) is 0 Å². The fourth-order valence-corrected chi connectivity index (χ4v) is 2.44. The van der Waals surface area contributed by atoms with Gasteiger partial charge in [-0.2, -0.15) is 13.2 Å². The Balaban J connectivity index is 1.67. The third kappa shape index (κ3) is 4.85. The maximum absolute atomic E-state index is 12.6. The highest BCUT2D eigenvalue weighted by molar-refractivity contribution is 6.06. The van der Waals surface area contributed by atoms with Crippen molar-refractivity contribution >= 4 is 23.7 Å². The fraction of sp³-hybridized carbons (Fsp3) is 0.0500. The number of carbonyl (C=O) groups is 2. The number of carbonyl (C=O) groups excluding carboxylic acids is 2. The van der Waals surface area contributed by atoms with E-state index in [0.29, 0.717) is 17.8 Å². The highest BCUT2D eigenvalue weighted by Gasteiger charge is 2.30. The number of benzene rings is 2. The lowest BCUT2D eigenvalue weighted by atomic mass is 10.2. The topological polar surface area (TPSA) is 101 Å². The van der Waals surface area contributed by atoms with E-state index in [1.165, 1.54) is 48.7 Å². The first kappa shape index (κ1) is 20.6. The first-order valence-electron chi connectivity index (χ1n) is 8.42. The molecule has 10 heteroatoms. The molecule has 3 N–H and O–H groups in total. The Morgan fingerprint density at radius 1 is 1.00 bits per heavy atom. The molecule has 0 aliphatic carbocycles. The molecule has 2 aromatic carbocycles. The second-order valence-electron chi connectivity index (χ2n) is 5.92. The molecular weight excluding hydrogens is 403 g/mol. The SMILES string of the molecule is O=CNc1ccnc(C(=O)Nc2ccc(Oc3ccc(C(F)(F)F)cc3)cc2)c1O. The number of hydrogen-bond acceptors (Lipinski definition) is 5. The van der Waals surface area contributed by atoms with E-state index in [9.17, 15) is 27.9 Å². The predicted molar refractivity (Wildman–Crippen MR) is 102 cm³/mol. The molecule has 0 fully saturated rings. The van der Waals surface area contributed by atoms with Gasteiger partial charge in [-0.25, -0.2) is 4.98 Å². The van der Waals surface area contributed by atoms with Crippen LogP contribution >= 0.6 is 0 Å². The minimum Gasteiger partial charge on any atom is -0.504 e. The Labute approximate surface area is 168 Å². The van der Waals surface area contributed by atoms with E-state index in [4.69, 9.17) is 4.74 Å². The zero-order valence-corrected chi connectivity index (χ0v) is 15.1. The number of alkyl halides is 3. The minimum atomic E-state index is -4.43. The van der Waals surface area contributed by atoms with Gasteiger partial charge >= 0.3 is 6.18 Å². The zero-order chi connectivity index (χ0) is 21.7. The number of ether oxygens (including phenoxy) is 1. The fourth-order valence-electron chi connectivity index (χ4n) is 2.44. The molecule has 154 valence electrons. The lowest BCUT2D eigenvalue weighted by molar-refractivity contribution is -0.137. The Hall–Kier alpha value is -4.08. The number of aromatic hydroxyl groups is 1. The van der Waals surface area contributed by atoms with Crippen LogP contribution in [-0.2, 0) is 11.0 Å². The van der Waals surface area contributed by atoms with Gasteiger partial charge in [-0.05, 0) is 54.6 Å². The van der Waals surface area contributed by atoms with Gasteiger partial charge in [-0.15, -0.1) is 0 Å². The Kier molecular flexibility index (Phi) is 5.86. The van der Waals surface area contributed by atoms with Crippen LogP contribution in [-0.4, -0.2) is 22.4 Å². The number of aromatic nitrogens is 1. The first-order chi connectivity index (χ1) is 14.3. The molecule has 0 aliphatic heterocycles. The van der Waals surface area contributed by atoms with Crippen LogP contribution in [0.2, 0.25) is 0 Å². The van der Waals surface area contributed by atoms with Crippen molar-refractivity contribution in [2.75, 3.05) is 10.6 Å². The van der Waals surface area contributed by atoms with Crippen LogP contribution < -0.4 is 15.4 Å². The molecule has 0 bridgehead atoms. The van der Waals surface area contributed by atoms with Gasteiger partial charge in [0.15, 0.2) is 11.4 Å². The Bertz CT molecular complexity index is 1050. The quantitative estimate of drug-likeness (QED) is 0.516. The minimum absolute atomic E-state index is 0.0328. The summed E-state index contributed by atoms with van der Waals surface area (Å²) in [6.07, 6.45) is -2.82. The lowest BCUT2D eigenvalue weighted by Gasteiger charge is -2.10. The van der Waals surface area contributed by atoms with Crippen LogP contribution in [0.5, 0.6) is 17.2 Å². The standard InChI is InChI=1S/C20H14F3N3O4/c21-20(22,23)12-1-5-14(6-2-12)30-15-7-3-13(4-8-15)26-19(29)17-18(28)16(25-11-27)9-10-24-17/h1-11,28H,(H,26,29)(H,24,25,27). The van der Waals surface area contributed by atoms with Gasteiger partial charge in [0.2, 0.25) is 6.41 Å². The van der Waals surface area contributed by atoms with Crippen molar-refractivity contribution in [2.24, 2.45) is 0 Å². The van der Waals surface area contributed by atoms with Crippen LogP contribution in [0.1, 0.15) is 16.1 Å². The van der Waals surface area contributed by atoms with E-state index in [2.05, 4.69) is 15.6 Å². The van der Waals surface area contributed by atoms with E-state index < -0.39 is 23.4 Å². The van der Waals surface area contributed by atoms with Crippen molar-refractivity contribution in [3.8, 4) is 17.2 Å². The van der Waals surface area contributed by atoms with Gasteiger partial charge in [-0.3, -0.25) is 9.59 Å². The molecule has 2 amide bonds. The second-order valence-corrected chi connectivity index (χ2v) is 5.92. The van der Waals surface area contributed by atoms with Crippen LogP contribution in [0.3, 0.4) is 0 Å². The molecule has 3 rings (SSSR count). The molecule has 0 aliphatic rings. The summed E-state index contributed by atoms with van der Waals surface area (Å²) in [7, 11) is 0. The van der Waals surface area contributed by atoms with Crippen molar-refractivity contribution in [2.45, 2.75) is 6.18 Å². The number of hydrogen-bond donors (Lipinski definition) is 3. The number of amides is 2. The number of anilines is 2. The van der Waals surface area contributed by atoms with E-state index >= 15 is 0 Å². The summed E-state index contributed by atoms with van der Waals surface area (Å²) >= 11 is 0. The summed E-state index contributed by atoms with van der Waals surface area (Å²) in [5, 5.41) is 14.8. The molecule has 1 aromatic heterocycles. The van der Waals surface area contributed by atoms with Crippen molar-refractivity contribution < 1.29 is 32.6 Å². The smallest absolute Gasteiger partial charge is 0.416 e. The monoisotopic (exact) mass is 417 g/mol. The molecule has 0 radical (unpaired) electrons. The lowest BCUT2D eigenvalue weighted by Crippen LogP contribution is -2.14. The van der Waals surface area contributed by atoms with Crippen LogP contribution in [0.4, 0.5) is 24.5 Å². The van der Waals surface area contributed by atoms with Crippen LogP contribution in [0.25, 0.3) is 0 Å². The summed E-state index contributed by atoms with van der Waals surface area (Å²) in [6, 6.07) is 11.6. The highest BCUT2D eigenvalue weighted by Crippen LogP contribution is 2.32. The Morgan fingerprint density at radius 2 is 1.60 bits per heavy atom. The van der Waals surface area contributed by atoms with E-state index in [1.807, 2.05) is 0 Å². The van der Waals surface area contributed by atoms with Crippen LogP contribution in [0, 0.1) is 0 Å². The van der Waals surface area contributed by atoms with Crippen LogP contribution in [0.15, 0.2) is 60.8 Å². The zero-order valence-electron chi connectivity index (χ0n) is 15.1. The van der Waals surface area contributed by atoms with Gasteiger partial charge < -0.3 is 20.5 Å². The molecular formula is C20H14F3N3O4. The third-order valence-electron chi connectivity index (χ3n) is 3.88. The molecule has 1 heterocycles. The normalized spacial score (nSPS) is 10.9. The number of halogens is 3. The van der Waals surface area contributed by atoms with Crippen molar-refractivity contribution in [3.05, 3.63) is 72.1 Å². The number of nitrogens with zero attached hydrogens (tertiary/aromatic N) is 1. The average Bonchev–Trinajstić information content (AvgIpc) is 2.71. The summed E-state index contributed by atoms with van der Waals surface area (Å²) in [5.41, 5.74) is -0.677. The molecule has 3 aromatic rings. The van der Waals surface area contributed by atoms with Crippen molar-refractivity contribution in [1.29, 1.82) is 0 Å². The van der Waals surface area contributed by atoms with Crippen molar-refractivity contribution in [1.82, 2.24) is 4.98 Å². The predicted octanol–water partition coefficient (Wildman–Crippen LogP) is 4.42. The molecule has 0 saturated carbocycles. The summed E-state index contributed by atoms with van der Waals surface area (Å²) in [6.45, 7) is 0. The first-order valence-corrected chi connectivity index (χ1v) is 8.42. The number of pyridine rings is 1. The van der Waals surface area contributed by atoms with E-state index in [0.717, 1.165) is 12.1 Å². The molecule has 30 heavy (non-hydrogen) atoms. The van der Waals surface area contributed by atoms with E-state index in [1.54, 1.807) is 0 Å². The number of nitrogens with one attached hydrogen (secondary N) is 2. The maximum atomic E-state index is 12.6. The summed E-state index contributed by atoms with van der Waals surface area (Å²) in [4.78, 5) is 26.6. The van der Waals surface area contributed by atoms with Crippen molar-refractivity contribution in [3.63, 3.8) is 0 Å². The van der Waals surface area contributed by atoms with Gasteiger partial charge in [0.25, 0.3) is 5.91 Å². The van der Waals surface area contributed by atoms with E-state index in [-0.39, 0.29) is 17.1 Å². The summed E-state index contributed by atoms with van der Waals surface area (Å²) < 4.78 is 43.2. The molecule has 0 spiro atoms. The molecule has 0 unspecified atom stereocenters. The second kappa shape index (κ2) is 8.52. The molecule has 0 atom stereocenters. The average molecular weight is 417 g/mol. The number of rotatable bonds is 6. The van der Waals surface area contributed by atoms with Gasteiger partial charge in [0, 0.05) is 11.9 Å². The van der Waals surface area contributed by atoms with Gasteiger partial charge in [0.1, 0.15) is 11.5 Å². The third-order valence-corrected chi connectivity index (χ3v) is 3.88. The van der Waals surface area contributed by atoms with Gasteiger partial charge in [0.05, 0.1) is 11.3 Å². The molecule has 7 nitrogen and oxygen atoms in total. The maximum Gasteiger partial charge on any atom is 0.416 e.